The van der Waals surface area contributed by atoms with Gasteiger partial charge in [0.2, 0.25) is 0 Å². The van der Waals surface area contributed by atoms with Gasteiger partial charge in [-0.3, -0.25) is 14.6 Å². The van der Waals surface area contributed by atoms with E-state index in [1.165, 1.54) is 0 Å². The molecule has 7 nitrogen and oxygen atoms in total. The lowest BCUT2D eigenvalue weighted by Crippen LogP contribution is -2.48. The van der Waals surface area contributed by atoms with Crippen molar-refractivity contribution in [1.29, 1.82) is 0 Å². The minimum absolute atomic E-state index is 0.0523. The van der Waals surface area contributed by atoms with Crippen LogP contribution in [-0.2, 0) is 12.0 Å². The Hall–Kier alpha value is -1.96. The summed E-state index contributed by atoms with van der Waals surface area (Å²) in [5.41, 5.74) is 0.802. The van der Waals surface area contributed by atoms with E-state index >= 15 is 0 Å². The van der Waals surface area contributed by atoms with E-state index in [-0.39, 0.29) is 11.0 Å². The summed E-state index contributed by atoms with van der Waals surface area (Å²) in [4.78, 5) is 16.7. The topological polar surface area (TPSA) is 74.7 Å². The third kappa shape index (κ3) is 5.31. The van der Waals surface area contributed by atoms with Gasteiger partial charge in [0.05, 0.1) is 12.2 Å². The van der Waals surface area contributed by atoms with E-state index in [0.717, 1.165) is 44.2 Å². The Balaban J connectivity index is 1.48. The third-order valence-corrected chi connectivity index (χ3v) is 5.25. The molecule has 1 aliphatic rings. The summed E-state index contributed by atoms with van der Waals surface area (Å²) in [5, 5.41) is 14.9. The lowest BCUT2D eigenvalue weighted by Gasteiger charge is -2.35. The van der Waals surface area contributed by atoms with Gasteiger partial charge in [0, 0.05) is 50.7 Å². The number of aliphatic hydroxyl groups is 1. The first-order chi connectivity index (χ1) is 13.2. The maximum absolute atomic E-state index is 12.1. The lowest BCUT2D eigenvalue weighted by atomic mass is 9.92. The van der Waals surface area contributed by atoms with Crippen LogP contribution in [0, 0.1) is 6.92 Å². The lowest BCUT2D eigenvalue weighted by molar-refractivity contribution is 0.0601. The van der Waals surface area contributed by atoms with E-state index in [2.05, 4.69) is 35.7 Å². The summed E-state index contributed by atoms with van der Waals surface area (Å²) in [7, 11) is 0. The standard InChI is InChI=1S/C21H32N4O3/c1-16-5-6-18(28-16)17(26)15-24-11-9-23(10-12-24)13-14-25-20(27)8-7-19(22-25)21(2,3)4/h5-8,17,26H,9-15H2,1-4H3. The fourth-order valence-corrected chi connectivity index (χ4v) is 3.41. The molecule has 0 bridgehead atoms. The Labute approximate surface area is 166 Å². The van der Waals surface area contributed by atoms with Crippen LogP contribution in [0.5, 0.6) is 0 Å². The average Bonchev–Trinajstić information content (AvgIpc) is 3.08. The molecule has 1 atom stereocenters. The van der Waals surface area contributed by atoms with Crippen molar-refractivity contribution in [3.05, 3.63) is 51.8 Å². The van der Waals surface area contributed by atoms with Gasteiger partial charge in [0.1, 0.15) is 17.6 Å². The Kier molecular flexibility index (Phi) is 6.37. The molecule has 0 aromatic carbocycles. The molecule has 1 N–H and O–H groups in total. The number of piperazine rings is 1. The van der Waals surface area contributed by atoms with Crippen molar-refractivity contribution >= 4 is 0 Å². The van der Waals surface area contributed by atoms with Gasteiger partial charge in [-0.2, -0.15) is 5.10 Å². The highest BCUT2D eigenvalue weighted by atomic mass is 16.4. The van der Waals surface area contributed by atoms with Crippen LogP contribution in [0.3, 0.4) is 0 Å². The molecule has 1 unspecified atom stereocenters. The van der Waals surface area contributed by atoms with Crippen LogP contribution in [0.1, 0.15) is 44.1 Å². The summed E-state index contributed by atoms with van der Waals surface area (Å²) in [5.74, 6) is 1.45. The second kappa shape index (κ2) is 8.59. The average molecular weight is 389 g/mol. The molecule has 3 heterocycles. The molecule has 0 radical (unpaired) electrons. The molecule has 1 saturated heterocycles. The molecule has 154 valence electrons. The molecule has 1 aliphatic heterocycles. The molecule has 0 aliphatic carbocycles. The molecule has 0 saturated carbocycles. The maximum Gasteiger partial charge on any atom is 0.266 e. The second-order valence-electron chi connectivity index (χ2n) is 8.64. The molecule has 7 heteroatoms. The van der Waals surface area contributed by atoms with Crippen LogP contribution in [0.25, 0.3) is 0 Å². The fourth-order valence-electron chi connectivity index (χ4n) is 3.41. The molecule has 0 amide bonds. The van der Waals surface area contributed by atoms with Gasteiger partial charge >= 0.3 is 0 Å². The van der Waals surface area contributed by atoms with Crippen molar-refractivity contribution < 1.29 is 9.52 Å². The summed E-state index contributed by atoms with van der Waals surface area (Å²) in [6, 6.07) is 7.15. The summed E-state index contributed by atoms with van der Waals surface area (Å²) < 4.78 is 7.09. The van der Waals surface area contributed by atoms with Gasteiger partial charge in [-0.05, 0) is 25.1 Å². The van der Waals surface area contributed by atoms with Gasteiger partial charge in [-0.25, -0.2) is 4.68 Å². The van der Waals surface area contributed by atoms with Crippen LogP contribution in [-0.4, -0.2) is 64.0 Å². The Morgan fingerprint density at radius 2 is 1.75 bits per heavy atom. The fraction of sp³-hybridized carbons (Fsp3) is 0.619. The number of hydrogen-bond donors (Lipinski definition) is 1. The zero-order valence-corrected chi connectivity index (χ0v) is 17.4. The van der Waals surface area contributed by atoms with E-state index < -0.39 is 6.10 Å². The quantitative estimate of drug-likeness (QED) is 0.813. The normalized spacial score (nSPS) is 17.8. The summed E-state index contributed by atoms with van der Waals surface area (Å²) >= 11 is 0. The maximum atomic E-state index is 12.1. The molecule has 1 fully saturated rings. The molecular formula is C21H32N4O3. The minimum atomic E-state index is -0.594. The molecule has 0 spiro atoms. The van der Waals surface area contributed by atoms with E-state index in [9.17, 15) is 9.90 Å². The van der Waals surface area contributed by atoms with Crippen molar-refractivity contribution in [3.8, 4) is 0 Å². The number of aromatic nitrogens is 2. The van der Waals surface area contributed by atoms with Crippen molar-refractivity contribution in [2.45, 2.75) is 45.8 Å². The van der Waals surface area contributed by atoms with Gasteiger partial charge < -0.3 is 9.52 Å². The van der Waals surface area contributed by atoms with E-state index in [0.29, 0.717) is 18.8 Å². The van der Waals surface area contributed by atoms with E-state index in [1.807, 2.05) is 25.1 Å². The number of hydrogen-bond acceptors (Lipinski definition) is 6. The molecular weight excluding hydrogens is 356 g/mol. The van der Waals surface area contributed by atoms with Gasteiger partial charge in [0.25, 0.3) is 5.56 Å². The first kappa shape index (κ1) is 20.8. The summed E-state index contributed by atoms with van der Waals surface area (Å²) in [6.45, 7) is 13.8. The first-order valence-electron chi connectivity index (χ1n) is 10.00. The van der Waals surface area contributed by atoms with Crippen LogP contribution in [0.2, 0.25) is 0 Å². The van der Waals surface area contributed by atoms with E-state index in [4.69, 9.17) is 4.42 Å². The highest BCUT2D eigenvalue weighted by Crippen LogP contribution is 2.19. The molecule has 2 aromatic rings. The van der Waals surface area contributed by atoms with Crippen LogP contribution >= 0.6 is 0 Å². The zero-order chi connectivity index (χ0) is 20.3. The van der Waals surface area contributed by atoms with Crippen molar-refractivity contribution in [2.75, 3.05) is 39.3 Å². The number of aliphatic hydroxyl groups excluding tert-OH is 1. The van der Waals surface area contributed by atoms with Crippen LogP contribution in [0.4, 0.5) is 0 Å². The molecule has 28 heavy (non-hydrogen) atoms. The van der Waals surface area contributed by atoms with Crippen molar-refractivity contribution in [3.63, 3.8) is 0 Å². The zero-order valence-electron chi connectivity index (χ0n) is 17.4. The van der Waals surface area contributed by atoms with Crippen LogP contribution in [0.15, 0.2) is 33.5 Å². The Bertz CT molecular complexity index is 829. The Morgan fingerprint density at radius 1 is 1.07 bits per heavy atom. The summed E-state index contributed by atoms with van der Waals surface area (Å²) in [6.07, 6.45) is -0.594. The number of nitrogens with zero attached hydrogens (tertiary/aromatic N) is 4. The predicted molar refractivity (Wildman–Crippen MR) is 108 cm³/mol. The predicted octanol–water partition coefficient (Wildman–Crippen LogP) is 1.79. The smallest absolute Gasteiger partial charge is 0.266 e. The van der Waals surface area contributed by atoms with E-state index in [1.54, 1.807) is 10.7 Å². The molecule has 3 rings (SSSR count). The van der Waals surface area contributed by atoms with Crippen molar-refractivity contribution in [1.82, 2.24) is 19.6 Å². The monoisotopic (exact) mass is 388 g/mol. The second-order valence-corrected chi connectivity index (χ2v) is 8.64. The Morgan fingerprint density at radius 3 is 2.36 bits per heavy atom. The SMILES string of the molecule is Cc1ccc(C(O)CN2CCN(CCn3nc(C(C)(C)C)ccc3=O)CC2)o1. The number of aryl methyl sites for hydroxylation is 1. The highest BCUT2D eigenvalue weighted by Gasteiger charge is 2.22. The number of furan rings is 1. The highest BCUT2D eigenvalue weighted by molar-refractivity contribution is 5.11. The van der Waals surface area contributed by atoms with Crippen molar-refractivity contribution in [2.24, 2.45) is 0 Å². The number of β-amino-alcohol motifs (C(OH)–C–C–N with tert-alkyl or cyclic N) is 1. The van der Waals surface area contributed by atoms with Crippen LogP contribution < -0.4 is 5.56 Å². The third-order valence-electron chi connectivity index (χ3n) is 5.25. The largest absolute Gasteiger partial charge is 0.464 e. The first-order valence-corrected chi connectivity index (χ1v) is 10.00. The van der Waals surface area contributed by atoms with Gasteiger partial charge in [0.15, 0.2) is 0 Å². The minimum Gasteiger partial charge on any atom is -0.464 e. The molecule has 2 aromatic heterocycles. The van der Waals surface area contributed by atoms with Gasteiger partial charge in [-0.1, -0.05) is 20.8 Å². The van der Waals surface area contributed by atoms with Gasteiger partial charge in [-0.15, -0.1) is 0 Å². The number of rotatable bonds is 6.